The summed E-state index contributed by atoms with van der Waals surface area (Å²) in [6.45, 7) is 1.98. The molecule has 0 bridgehead atoms. The number of hydrogen-bond donors (Lipinski definition) is 1. The molecule has 0 aliphatic carbocycles. The highest BCUT2D eigenvalue weighted by Gasteiger charge is 2.16. The molecule has 1 aromatic carbocycles. The molecule has 1 N–H and O–H groups in total. The highest BCUT2D eigenvalue weighted by atomic mass is 35.5. The predicted octanol–water partition coefficient (Wildman–Crippen LogP) is 3.75. The first kappa shape index (κ1) is 13.5. The van der Waals surface area contributed by atoms with E-state index in [1.165, 1.54) is 12.1 Å². The largest absolute Gasteiger partial charge is 0.312 e. The number of halogens is 2. The van der Waals surface area contributed by atoms with Crippen LogP contribution in [-0.4, -0.2) is 12.0 Å². The van der Waals surface area contributed by atoms with E-state index in [1.54, 1.807) is 17.4 Å². The molecule has 2 rings (SSSR count). The zero-order chi connectivity index (χ0) is 13.1. The zero-order valence-corrected chi connectivity index (χ0v) is 11.8. The Kier molecular flexibility index (Phi) is 4.32. The van der Waals surface area contributed by atoms with Crippen molar-refractivity contribution >= 4 is 22.9 Å². The highest BCUT2D eigenvalue weighted by Crippen LogP contribution is 2.27. The van der Waals surface area contributed by atoms with Gasteiger partial charge >= 0.3 is 0 Å². The Morgan fingerprint density at radius 3 is 2.89 bits per heavy atom. The molecule has 2 nitrogen and oxygen atoms in total. The molecule has 96 valence electrons. The second-order valence-corrected chi connectivity index (χ2v) is 5.38. The quantitative estimate of drug-likeness (QED) is 0.925. The lowest BCUT2D eigenvalue weighted by atomic mass is 10.0. The Morgan fingerprint density at radius 2 is 2.28 bits per heavy atom. The molecule has 0 fully saturated rings. The van der Waals surface area contributed by atoms with E-state index in [9.17, 15) is 4.39 Å². The minimum absolute atomic E-state index is 0.108. The third kappa shape index (κ3) is 2.88. The number of thiazole rings is 1. The van der Waals surface area contributed by atoms with Crippen LogP contribution in [0.5, 0.6) is 0 Å². The Bertz CT molecular complexity index is 542. The third-order valence-electron chi connectivity index (χ3n) is 2.88. The number of aromatic nitrogens is 1. The summed E-state index contributed by atoms with van der Waals surface area (Å²) < 4.78 is 13.2. The Morgan fingerprint density at radius 1 is 1.50 bits per heavy atom. The molecular weight excluding hydrogens is 271 g/mol. The monoisotopic (exact) mass is 284 g/mol. The van der Waals surface area contributed by atoms with Crippen molar-refractivity contribution in [2.24, 2.45) is 0 Å². The average Bonchev–Trinajstić information content (AvgIpc) is 2.77. The fourth-order valence-corrected chi connectivity index (χ4v) is 3.00. The van der Waals surface area contributed by atoms with Crippen LogP contribution in [0, 0.1) is 12.7 Å². The van der Waals surface area contributed by atoms with E-state index >= 15 is 0 Å². The SMILES string of the molecule is CNC(Cc1cc(F)ccc1Cl)c1scnc1C. The molecule has 2 aromatic rings. The summed E-state index contributed by atoms with van der Waals surface area (Å²) in [4.78, 5) is 5.40. The van der Waals surface area contributed by atoms with E-state index in [4.69, 9.17) is 11.6 Å². The predicted molar refractivity (Wildman–Crippen MR) is 73.8 cm³/mol. The van der Waals surface area contributed by atoms with Gasteiger partial charge in [0.25, 0.3) is 0 Å². The van der Waals surface area contributed by atoms with Gasteiger partial charge in [0.2, 0.25) is 0 Å². The van der Waals surface area contributed by atoms with Gasteiger partial charge in [-0.2, -0.15) is 0 Å². The minimum Gasteiger partial charge on any atom is -0.312 e. The molecule has 0 saturated carbocycles. The van der Waals surface area contributed by atoms with Gasteiger partial charge in [0.15, 0.2) is 0 Å². The maximum absolute atomic E-state index is 13.2. The van der Waals surface area contributed by atoms with Crippen molar-refractivity contribution in [2.45, 2.75) is 19.4 Å². The van der Waals surface area contributed by atoms with Crippen LogP contribution in [0.3, 0.4) is 0 Å². The molecule has 0 spiro atoms. The van der Waals surface area contributed by atoms with Crippen molar-refractivity contribution < 1.29 is 4.39 Å². The molecule has 1 atom stereocenters. The van der Waals surface area contributed by atoms with E-state index in [0.717, 1.165) is 16.1 Å². The topological polar surface area (TPSA) is 24.9 Å². The Hall–Kier alpha value is -0.970. The van der Waals surface area contributed by atoms with Gasteiger partial charge in [-0.05, 0) is 44.2 Å². The van der Waals surface area contributed by atoms with Crippen LogP contribution in [0.1, 0.15) is 22.2 Å². The lowest BCUT2D eigenvalue weighted by Gasteiger charge is -2.16. The van der Waals surface area contributed by atoms with Gasteiger partial charge in [-0.15, -0.1) is 11.3 Å². The first-order chi connectivity index (χ1) is 8.61. The summed E-state index contributed by atoms with van der Waals surface area (Å²) in [5.41, 5.74) is 3.64. The molecule has 1 unspecified atom stereocenters. The van der Waals surface area contributed by atoms with Crippen LogP contribution in [0.4, 0.5) is 4.39 Å². The number of likely N-dealkylation sites (N-methyl/N-ethyl adjacent to an activating group) is 1. The number of hydrogen-bond acceptors (Lipinski definition) is 3. The highest BCUT2D eigenvalue weighted by molar-refractivity contribution is 7.09. The maximum Gasteiger partial charge on any atom is 0.123 e. The molecule has 0 aliphatic rings. The number of rotatable bonds is 4. The molecule has 5 heteroatoms. The lowest BCUT2D eigenvalue weighted by Crippen LogP contribution is -2.18. The van der Waals surface area contributed by atoms with Gasteiger partial charge in [0.1, 0.15) is 5.82 Å². The molecule has 0 radical (unpaired) electrons. The normalized spacial score (nSPS) is 12.7. The lowest BCUT2D eigenvalue weighted by molar-refractivity contribution is 0.589. The Balaban J connectivity index is 2.26. The summed E-state index contributed by atoms with van der Waals surface area (Å²) in [6, 6.07) is 4.57. The standard InChI is InChI=1S/C13H14ClFN2S/c1-8-13(18-7-17-8)12(16-2)6-9-5-10(15)3-4-11(9)14/h3-5,7,12,16H,6H2,1-2H3. The van der Waals surface area contributed by atoms with E-state index in [1.807, 2.05) is 19.5 Å². The minimum atomic E-state index is -0.259. The molecule has 18 heavy (non-hydrogen) atoms. The van der Waals surface area contributed by atoms with Crippen molar-refractivity contribution in [1.82, 2.24) is 10.3 Å². The van der Waals surface area contributed by atoms with Gasteiger partial charge in [0, 0.05) is 15.9 Å². The second-order valence-electron chi connectivity index (χ2n) is 4.08. The molecule has 1 aromatic heterocycles. The number of aryl methyl sites for hydroxylation is 1. The summed E-state index contributed by atoms with van der Waals surface area (Å²) in [6.07, 6.45) is 0.649. The van der Waals surface area contributed by atoms with E-state index in [2.05, 4.69) is 10.3 Å². The summed E-state index contributed by atoms with van der Waals surface area (Å²) in [5, 5.41) is 3.83. The summed E-state index contributed by atoms with van der Waals surface area (Å²) in [5.74, 6) is -0.259. The van der Waals surface area contributed by atoms with Crippen molar-refractivity contribution in [3.8, 4) is 0 Å². The van der Waals surface area contributed by atoms with E-state index in [0.29, 0.717) is 11.4 Å². The first-order valence-corrected chi connectivity index (χ1v) is 6.88. The van der Waals surface area contributed by atoms with Crippen LogP contribution >= 0.6 is 22.9 Å². The van der Waals surface area contributed by atoms with Crippen LogP contribution < -0.4 is 5.32 Å². The van der Waals surface area contributed by atoms with Gasteiger partial charge in [-0.3, -0.25) is 0 Å². The molecule has 0 saturated heterocycles. The Labute approximate surface area is 115 Å². The van der Waals surface area contributed by atoms with Crippen molar-refractivity contribution in [1.29, 1.82) is 0 Å². The molecule has 0 aliphatic heterocycles. The van der Waals surface area contributed by atoms with Crippen molar-refractivity contribution in [3.05, 3.63) is 50.7 Å². The average molecular weight is 285 g/mol. The molecular formula is C13H14ClFN2S. The molecule has 1 heterocycles. The van der Waals surface area contributed by atoms with Gasteiger partial charge in [-0.1, -0.05) is 11.6 Å². The van der Waals surface area contributed by atoms with Gasteiger partial charge in [0.05, 0.1) is 11.2 Å². The zero-order valence-electron chi connectivity index (χ0n) is 10.2. The summed E-state index contributed by atoms with van der Waals surface area (Å²) in [7, 11) is 1.89. The van der Waals surface area contributed by atoms with Crippen molar-refractivity contribution in [2.75, 3.05) is 7.05 Å². The van der Waals surface area contributed by atoms with E-state index in [-0.39, 0.29) is 11.9 Å². The van der Waals surface area contributed by atoms with E-state index < -0.39 is 0 Å². The maximum atomic E-state index is 13.2. The van der Waals surface area contributed by atoms with Crippen LogP contribution in [0.25, 0.3) is 0 Å². The number of benzene rings is 1. The first-order valence-electron chi connectivity index (χ1n) is 5.63. The van der Waals surface area contributed by atoms with Gasteiger partial charge in [-0.25, -0.2) is 9.37 Å². The number of nitrogens with one attached hydrogen (secondary N) is 1. The number of nitrogens with zero attached hydrogens (tertiary/aromatic N) is 1. The smallest absolute Gasteiger partial charge is 0.123 e. The second kappa shape index (κ2) is 5.78. The fourth-order valence-electron chi connectivity index (χ4n) is 1.89. The van der Waals surface area contributed by atoms with Crippen LogP contribution in [0.2, 0.25) is 5.02 Å². The van der Waals surface area contributed by atoms with Gasteiger partial charge < -0.3 is 5.32 Å². The van der Waals surface area contributed by atoms with Crippen LogP contribution in [0.15, 0.2) is 23.7 Å². The third-order valence-corrected chi connectivity index (χ3v) is 4.29. The summed E-state index contributed by atoms with van der Waals surface area (Å²) >= 11 is 7.69. The van der Waals surface area contributed by atoms with Crippen LogP contribution in [-0.2, 0) is 6.42 Å². The fraction of sp³-hybridized carbons (Fsp3) is 0.308. The van der Waals surface area contributed by atoms with Crippen molar-refractivity contribution in [3.63, 3.8) is 0 Å². The molecule has 0 amide bonds.